The minimum absolute atomic E-state index is 0.0646. The van der Waals surface area contributed by atoms with Crippen LogP contribution in [0.25, 0.3) is 10.9 Å². The number of rotatable bonds is 6. The van der Waals surface area contributed by atoms with E-state index in [9.17, 15) is 4.79 Å². The van der Waals surface area contributed by atoms with Gasteiger partial charge in [-0.1, -0.05) is 23.8 Å². The van der Waals surface area contributed by atoms with Gasteiger partial charge in [0.15, 0.2) is 0 Å². The van der Waals surface area contributed by atoms with Gasteiger partial charge in [0, 0.05) is 25.0 Å². The summed E-state index contributed by atoms with van der Waals surface area (Å²) in [4.78, 5) is 20.1. The van der Waals surface area contributed by atoms with Crippen LogP contribution in [0.3, 0.4) is 0 Å². The highest BCUT2D eigenvalue weighted by Crippen LogP contribution is 2.24. The number of pyridine rings is 1. The lowest BCUT2D eigenvalue weighted by atomic mass is 10.0. The van der Waals surface area contributed by atoms with Crippen LogP contribution in [-0.2, 0) is 4.74 Å². The van der Waals surface area contributed by atoms with Gasteiger partial charge in [0.25, 0.3) is 5.91 Å². The minimum Gasteiger partial charge on any atom is -0.497 e. The predicted molar refractivity (Wildman–Crippen MR) is 122 cm³/mol. The molecule has 6 heteroatoms. The number of methoxy groups -OCH3 is 1. The summed E-state index contributed by atoms with van der Waals surface area (Å²) in [5, 5.41) is 4.13. The molecule has 1 atom stereocenters. The van der Waals surface area contributed by atoms with Crippen molar-refractivity contribution in [2.75, 3.05) is 40.0 Å². The first-order valence-corrected chi connectivity index (χ1v) is 10.7. The van der Waals surface area contributed by atoms with E-state index in [1.54, 1.807) is 7.11 Å². The van der Waals surface area contributed by atoms with Gasteiger partial charge in [-0.15, -0.1) is 0 Å². The Labute approximate surface area is 183 Å². The number of carbonyl (C=O) groups excluding carboxylic acids is 1. The molecule has 0 aliphatic carbocycles. The third-order valence-corrected chi connectivity index (χ3v) is 5.85. The Morgan fingerprint density at radius 2 is 1.87 bits per heavy atom. The summed E-state index contributed by atoms with van der Waals surface area (Å²) >= 11 is 0. The van der Waals surface area contributed by atoms with Crippen molar-refractivity contribution in [3.05, 3.63) is 70.9 Å². The fourth-order valence-corrected chi connectivity index (χ4v) is 4.08. The van der Waals surface area contributed by atoms with Gasteiger partial charge < -0.3 is 14.8 Å². The molecule has 1 aromatic heterocycles. The van der Waals surface area contributed by atoms with Gasteiger partial charge in [-0.2, -0.15) is 0 Å². The number of amides is 1. The highest BCUT2D eigenvalue weighted by molar-refractivity contribution is 5.98. The quantitative estimate of drug-likeness (QED) is 0.661. The van der Waals surface area contributed by atoms with Crippen LogP contribution in [0.2, 0.25) is 0 Å². The minimum atomic E-state index is -0.0971. The van der Waals surface area contributed by atoms with E-state index >= 15 is 0 Å². The van der Waals surface area contributed by atoms with E-state index in [-0.39, 0.29) is 11.9 Å². The fourth-order valence-electron chi connectivity index (χ4n) is 4.08. The maximum absolute atomic E-state index is 13.1. The number of ether oxygens (including phenoxy) is 2. The maximum Gasteiger partial charge on any atom is 0.253 e. The summed E-state index contributed by atoms with van der Waals surface area (Å²) in [7, 11) is 1.66. The van der Waals surface area contributed by atoms with Crippen molar-refractivity contribution >= 4 is 16.8 Å². The van der Waals surface area contributed by atoms with E-state index in [1.165, 1.54) is 0 Å². The van der Waals surface area contributed by atoms with Crippen LogP contribution in [0.15, 0.2) is 48.5 Å². The number of carbonyl (C=O) groups is 1. The van der Waals surface area contributed by atoms with E-state index < -0.39 is 0 Å². The molecule has 162 valence electrons. The van der Waals surface area contributed by atoms with Gasteiger partial charge in [-0.05, 0) is 49.7 Å². The Morgan fingerprint density at radius 1 is 1.13 bits per heavy atom. The topological polar surface area (TPSA) is 63.7 Å². The van der Waals surface area contributed by atoms with Gasteiger partial charge in [0.1, 0.15) is 5.75 Å². The van der Waals surface area contributed by atoms with Crippen LogP contribution in [0.5, 0.6) is 5.75 Å². The molecule has 6 nitrogen and oxygen atoms in total. The van der Waals surface area contributed by atoms with Crippen molar-refractivity contribution in [1.82, 2.24) is 15.2 Å². The number of fused-ring (bicyclic) bond motifs is 1. The van der Waals surface area contributed by atoms with Crippen molar-refractivity contribution in [1.29, 1.82) is 0 Å². The number of hydrogen-bond donors (Lipinski definition) is 1. The number of morpholine rings is 1. The first-order valence-electron chi connectivity index (χ1n) is 10.7. The summed E-state index contributed by atoms with van der Waals surface area (Å²) in [6.07, 6.45) is 0. The zero-order valence-corrected chi connectivity index (χ0v) is 18.4. The van der Waals surface area contributed by atoms with Crippen LogP contribution in [0, 0.1) is 13.8 Å². The Bertz CT molecular complexity index is 1060. The molecule has 1 fully saturated rings. The highest BCUT2D eigenvalue weighted by Gasteiger charge is 2.24. The third-order valence-electron chi connectivity index (χ3n) is 5.85. The maximum atomic E-state index is 13.1. The lowest BCUT2D eigenvalue weighted by molar-refractivity contribution is 0.0162. The molecule has 1 N–H and O–H groups in total. The van der Waals surface area contributed by atoms with Crippen LogP contribution >= 0.6 is 0 Å². The first kappa shape index (κ1) is 21.3. The van der Waals surface area contributed by atoms with Gasteiger partial charge in [-0.25, -0.2) is 0 Å². The molecule has 0 bridgehead atoms. The van der Waals surface area contributed by atoms with Crippen molar-refractivity contribution in [2.45, 2.75) is 19.9 Å². The van der Waals surface area contributed by atoms with E-state index in [2.05, 4.69) is 33.4 Å². The molecule has 1 saturated heterocycles. The zero-order valence-electron chi connectivity index (χ0n) is 18.4. The second-order valence-electron chi connectivity index (χ2n) is 7.96. The second-order valence-corrected chi connectivity index (χ2v) is 7.96. The summed E-state index contributed by atoms with van der Waals surface area (Å²) in [6, 6.07) is 16.2. The molecule has 0 saturated carbocycles. The molecule has 3 aromatic rings. The molecule has 1 unspecified atom stereocenters. The Kier molecular flexibility index (Phi) is 6.49. The molecule has 31 heavy (non-hydrogen) atoms. The second kappa shape index (κ2) is 9.45. The molecular weight excluding hydrogens is 390 g/mol. The SMILES string of the molecule is COc1ccc(C(CNC(=O)c2cc3cc(C)ccc3nc2C)N2CCOCC2)cc1. The summed E-state index contributed by atoms with van der Waals surface area (Å²) in [5.41, 5.74) is 4.56. The van der Waals surface area contributed by atoms with Crippen molar-refractivity contribution in [2.24, 2.45) is 0 Å². The lowest BCUT2D eigenvalue weighted by Gasteiger charge is -2.35. The first-order chi connectivity index (χ1) is 15.0. The monoisotopic (exact) mass is 419 g/mol. The number of nitrogens with one attached hydrogen (secondary N) is 1. The van der Waals surface area contributed by atoms with Gasteiger partial charge in [0.2, 0.25) is 0 Å². The van der Waals surface area contributed by atoms with Crippen molar-refractivity contribution in [3.63, 3.8) is 0 Å². The van der Waals surface area contributed by atoms with Gasteiger partial charge >= 0.3 is 0 Å². The fraction of sp³-hybridized carbons (Fsp3) is 0.360. The molecule has 0 spiro atoms. The van der Waals surface area contributed by atoms with Gasteiger partial charge in [-0.3, -0.25) is 14.7 Å². The largest absolute Gasteiger partial charge is 0.497 e. The molecule has 1 aliphatic heterocycles. The molecule has 2 heterocycles. The Balaban J connectivity index is 1.55. The van der Waals surface area contributed by atoms with E-state index in [4.69, 9.17) is 9.47 Å². The average molecular weight is 420 g/mol. The van der Waals surface area contributed by atoms with Gasteiger partial charge in [0.05, 0.1) is 43.1 Å². The highest BCUT2D eigenvalue weighted by atomic mass is 16.5. The van der Waals surface area contributed by atoms with Crippen LogP contribution in [0.1, 0.15) is 33.2 Å². The van der Waals surface area contributed by atoms with Crippen molar-refractivity contribution in [3.8, 4) is 5.75 Å². The summed E-state index contributed by atoms with van der Waals surface area (Å²) in [5.74, 6) is 0.724. The standard InChI is InChI=1S/C25H29N3O3/c1-17-4-9-23-20(14-17)15-22(18(2)27-23)25(29)26-16-24(28-10-12-31-13-11-28)19-5-7-21(30-3)8-6-19/h4-9,14-15,24H,10-13,16H2,1-3H3,(H,26,29). The van der Waals surface area contributed by atoms with E-state index in [0.29, 0.717) is 25.3 Å². The third kappa shape index (κ3) is 4.86. The number of nitrogens with zero attached hydrogens (tertiary/aromatic N) is 2. The summed E-state index contributed by atoms with van der Waals surface area (Å²) < 4.78 is 10.8. The molecule has 0 radical (unpaired) electrons. The molecule has 1 aliphatic rings. The van der Waals surface area contributed by atoms with Crippen LogP contribution in [0.4, 0.5) is 0 Å². The number of benzene rings is 2. The van der Waals surface area contributed by atoms with Crippen LogP contribution in [-0.4, -0.2) is 55.7 Å². The molecule has 2 aromatic carbocycles. The molecule has 1 amide bonds. The molecule has 4 rings (SSSR count). The van der Waals surface area contributed by atoms with Crippen molar-refractivity contribution < 1.29 is 14.3 Å². The molecular formula is C25H29N3O3. The number of aryl methyl sites for hydroxylation is 2. The Morgan fingerprint density at radius 3 is 2.58 bits per heavy atom. The smallest absolute Gasteiger partial charge is 0.253 e. The Hall–Kier alpha value is -2.96. The summed E-state index contributed by atoms with van der Waals surface area (Å²) in [6.45, 7) is 7.51. The normalized spacial score (nSPS) is 15.6. The number of hydrogen-bond acceptors (Lipinski definition) is 5. The lowest BCUT2D eigenvalue weighted by Crippen LogP contribution is -2.43. The van der Waals surface area contributed by atoms with Crippen LogP contribution < -0.4 is 10.1 Å². The average Bonchev–Trinajstić information content (AvgIpc) is 2.80. The van der Waals surface area contributed by atoms with E-state index in [1.807, 2.05) is 44.2 Å². The number of aromatic nitrogens is 1. The predicted octanol–water partition coefficient (Wildman–Crippen LogP) is 3.66. The zero-order chi connectivity index (χ0) is 21.8. The van der Waals surface area contributed by atoms with E-state index in [0.717, 1.165) is 46.6 Å².